The molecule has 2 aromatic rings. The Kier molecular flexibility index (Phi) is 7.41. The van der Waals surface area contributed by atoms with Crippen molar-refractivity contribution >= 4 is 34.0 Å². The van der Waals surface area contributed by atoms with E-state index in [9.17, 15) is 9.59 Å². The van der Waals surface area contributed by atoms with E-state index in [0.717, 1.165) is 30.2 Å². The van der Waals surface area contributed by atoms with Gasteiger partial charge in [0, 0.05) is 10.4 Å². The van der Waals surface area contributed by atoms with Gasteiger partial charge in [0.05, 0.1) is 18.9 Å². The molecule has 1 amide bonds. The van der Waals surface area contributed by atoms with Crippen molar-refractivity contribution in [3.8, 4) is 11.5 Å². The number of nitrogens with zero attached hydrogens (tertiary/aromatic N) is 1. The van der Waals surface area contributed by atoms with Crippen LogP contribution in [0.2, 0.25) is 0 Å². The van der Waals surface area contributed by atoms with Gasteiger partial charge in [0.25, 0.3) is 0 Å². The lowest BCUT2D eigenvalue weighted by Crippen LogP contribution is -2.28. The maximum absolute atomic E-state index is 12.3. The minimum absolute atomic E-state index is 0.0347. The van der Waals surface area contributed by atoms with Gasteiger partial charge < -0.3 is 9.47 Å². The Morgan fingerprint density at radius 2 is 1.90 bits per heavy atom. The average molecular weight is 459 g/mol. The normalized spacial score (nSPS) is 14.6. The summed E-state index contributed by atoms with van der Waals surface area (Å²) in [5, 5.41) is 4.05. The van der Waals surface area contributed by atoms with Gasteiger partial charge in [0.15, 0.2) is 11.5 Å². The molecule has 1 fully saturated rings. The molecule has 0 atom stereocenters. The Morgan fingerprint density at radius 3 is 2.62 bits per heavy atom. The molecule has 0 aromatic heterocycles. The Bertz CT molecular complexity index is 907. The smallest absolute Gasteiger partial charge is 0.343 e. The fourth-order valence-electron chi connectivity index (χ4n) is 3.25. The Labute approximate surface area is 178 Å². The minimum Gasteiger partial charge on any atom is -0.493 e. The highest BCUT2D eigenvalue weighted by atomic mass is 79.9. The van der Waals surface area contributed by atoms with Crippen molar-refractivity contribution in [2.45, 2.75) is 32.1 Å². The lowest BCUT2D eigenvalue weighted by Gasteiger charge is -2.19. The van der Waals surface area contributed by atoms with Crippen LogP contribution in [0, 0.1) is 5.92 Å². The van der Waals surface area contributed by atoms with Crippen molar-refractivity contribution < 1.29 is 19.1 Å². The third kappa shape index (κ3) is 5.90. The maximum Gasteiger partial charge on any atom is 0.343 e. The molecule has 1 N–H and O–H groups in total. The van der Waals surface area contributed by atoms with E-state index in [1.54, 1.807) is 42.6 Å². The number of hydrogen-bond donors (Lipinski definition) is 1. The predicted octanol–water partition coefficient (Wildman–Crippen LogP) is 4.71. The molecule has 29 heavy (non-hydrogen) atoms. The van der Waals surface area contributed by atoms with Gasteiger partial charge >= 0.3 is 5.97 Å². The number of hydrogen-bond acceptors (Lipinski definition) is 5. The zero-order valence-corrected chi connectivity index (χ0v) is 17.8. The van der Waals surface area contributed by atoms with E-state index in [4.69, 9.17) is 9.47 Å². The van der Waals surface area contributed by atoms with E-state index in [2.05, 4.69) is 26.5 Å². The highest BCUT2D eigenvalue weighted by molar-refractivity contribution is 9.10. The molecule has 3 rings (SSSR count). The number of amides is 1. The second-order valence-corrected chi connectivity index (χ2v) is 7.80. The lowest BCUT2D eigenvalue weighted by molar-refractivity contribution is -0.125. The number of methoxy groups -OCH3 is 1. The summed E-state index contributed by atoms with van der Waals surface area (Å²) >= 11 is 3.34. The molecule has 1 aliphatic carbocycles. The van der Waals surface area contributed by atoms with Crippen LogP contribution in [0.1, 0.15) is 48.0 Å². The first-order chi connectivity index (χ1) is 14.1. The molecule has 1 aliphatic rings. The first-order valence-electron chi connectivity index (χ1n) is 9.55. The fourth-order valence-corrected chi connectivity index (χ4v) is 3.65. The van der Waals surface area contributed by atoms with E-state index in [1.165, 1.54) is 13.5 Å². The molecule has 152 valence electrons. The summed E-state index contributed by atoms with van der Waals surface area (Å²) in [6, 6.07) is 12.0. The van der Waals surface area contributed by atoms with E-state index >= 15 is 0 Å². The topological polar surface area (TPSA) is 77.0 Å². The number of halogens is 1. The van der Waals surface area contributed by atoms with Crippen LogP contribution in [0.15, 0.2) is 52.0 Å². The van der Waals surface area contributed by atoms with Gasteiger partial charge in [-0.3, -0.25) is 4.79 Å². The number of ether oxygens (including phenoxy) is 2. The van der Waals surface area contributed by atoms with Gasteiger partial charge in [-0.1, -0.05) is 41.3 Å². The summed E-state index contributed by atoms with van der Waals surface area (Å²) in [5.74, 6) is 0.241. The number of rotatable bonds is 6. The van der Waals surface area contributed by atoms with Crippen LogP contribution >= 0.6 is 15.9 Å². The van der Waals surface area contributed by atoms with Gasteiger partial charge in [-0.25, -0.2) is 10.2 Å². The molecule has 0 saturated heterocycles. The number of nitrogens with one attached hydrogen (secondary N) is 1. The predicted molar refractivity (Wildman–Crippen MR) is 114 cm³/mol. The fraction of sp³-hybridized carbons (Fsp3) is 0.318. The lowest BCUT2D eigenvalue weighted by atomic mass is 9.89. The highest BCUT2D eigenvalue weighted by Gasteiger charge is 2.20. The van der Waals surface area contributed by atoms with Crippen molar-refractivity contribution in [1.29, 1.82) is 0 Å². The van der Waals surface area contributed by atoms with Gasteiger partial charge in [0.2, 0.25) is 5.91 Å². The molecule has 0 heterocycles. The van der Waals surface area contributed by atoms with Crippen molar-refractivity contribution in [3.05, 3.63) is 58.1 Å². The highest BCUT2D eigenvalue weighted by Crippen LogP contribution is 2.29. The number of esters is 1. The summed E-state index contributed by atoms with van der Waals surface area (Å²) < 4.78 is 11.6. The van der Waals surface area contributed by atoms with E-state index < -0.39 is 5.97 Å². The molecular formula is C22H23BrN2O4. The molecule has 0 aliphatic heterocycles. The van der Waals surface area contributed by atoms with Crippen molar-refractivity contribution in [1.82, 2.24) is 5.43 Å². The Balaban J connectivity index is 1.63. The van der Waals surface area contributed by atoms with Crippen LogP contribution < -0.4 is 14.9 Å². The van der Waals surface area contributed by atoms with Crippen molar-refractivity contribution in [3.63, 3.8) is 0 Å². The number of carbonyl (C=O) groups excluding carboxylic acids is 2. The summed E-state index contributed by atoms with van der Waals surface area (Å²) in [7, 11) is 1.50. The molecular weight excluding hydrogens is 436 g/mol. The molecule has 7 heteroatoms. The van der Waals surface area contributed by atoms with Crippen LogP contribution in [0.25, 0.3) is 0 Å². The quantitative estimate of drug-likeness (QED) is 0.294. The molecule has 0 spiro atoms. The first kappa shape index (κ1) is 21.0. The standard InChI is InChI=1S/C22H23BrN2O4/c1-28-20-12-15(14-24-25-21(26)16-6-3-2-4-7-16)10-11-19(20)29-22(27)17-8-5-9-18(23)13-17/h5,8-14,16H,2-4,6-7H2,1H3,(H,25,26). The van der Waals surface area contributed by atoms with Crippen LogP contribution in [-0.2, 0) is 4.79 Å². The average Bonchev–Trinajstić information content (AvgIpc) is 2.75. The monoisotopic (exact) mass is 458 g/mol. The summed E-state index contributed by atoms with van der Waals surface area (Å²) in [6.45, 7) is 0. The van der Waals surface area contributed by atoms with Crippen LogP contribution in [0.3, 0.4) is 0 Å². The second kappa shape index (κ2) is 10.2. The number of carbonyl (C=O) groups is 2. The summed E-state index contributed by atoms with van der Waals surface area (Å²) in [6.07, 6.45) is 6.78. The second-order valence-electron chi connectivity index (χ2n) is 6.88. The molecule has 0 bridgehead atoms. The summed E-state index contributed by atoms with van der Waals surface area (Å²) in [5.41, 5.74) is 3.76. The van der Waals surface area contributed by atoms with Gasteiger partial charge in [-0.2, -0.15) is 5.10 Å². The Morgan fingerprint density at radius 1 is 1.10 bits per heavy atom. The Hall–Kier alpha value is -2.67. The van der Waals surface area contributed by atoms with E-state index in [1.807, 2.05) is 6.07 Å². The van der Waals surface area contributed by atoms with Crippen molar-refractivity contribution in [2.75, 3.05) is 7.11 Å². The third-order valence-electron chi connectivity index (χ3n) is 4.81. The number of benzene rings is 2. The molecule has 1 saturated carbocycles. The molecule has 2 aromatic carbocycles. The van der Waals surface area contributed by atoms with Gasteiger partial charge in [0.1, 0.15) is 0 Å². The molecule has 6 nitrogen and oxygen atoms in total. The van der Waals surface area contributed by atoms with Gasteiger partial charge in [-0.15, -0.1) is 0 Å². The SMILES string of the molecule is COc1cc(C=NNC(=O)C2CCCCC2)ccc1OC(=O)c1cccc(Br)c1. The van der Waals surface area contributed by atoms with Crippen LogP contribution in [0.4, 0.5) is 0 Å². The van der Waals surface area contributed by atoms with Crippen LogP contribution in [-0.4, -0.2) is 25.2 Å². The maximum atomic E-state index is 12.3. The molecule has 0 radical (unpaired) electrons. The van der Waals surface area contributed by atoms with Crippen LogP contribution in [0.5, 0.6) is 11.5 Å². The molecule has 0 unspecified atom stereocenters. The van der Waals surface area contributed by atoms with Crippen molar-refractivity contribution in [2.24, 2.45) is 11.0 Å². The minimum atomic E-state index is -0.481. The van der Waals surface area contributed by atoms with Gasteiger partial charge in [-0.05, 0) is 54.8 Å². The summed E-state index contributed by atoms with van der Waals surface area (Å²) in [4.78, 5) is 24.5. The number of hydrazone groups is 1. The largest absolute Gasteiger partial charge is 0.493 e. The first-order valence-corrected chi connectivity index (χ1v) is 10.3. The third-order valence-corrected chi connectivity index (χ3v) is 5.31. The zero-order valence-electron chi connectivity index (χ0n) is 16.2. The zero-order chi connectivity index (χ0) is 20.6. The van der Waals surface area contributed by atoms with E-state index in [-0.39, 0.29) is 11.8 Å². The van der Waals surface area contributed by atoms with E-state index in [0.29, 0.717) is 22.6 Å².